The van der Waals surface area contributed by atoms with Crippen LogP contribution < -0.4 is 10.2 Å². The van der Waals surface area contributed by atoms with Crippen molar-refractivity contribution in [2.75, 3.05) is 26.0 Å². The van der Waals surface area contributed by atoms with Gasteiger partial charge in [-0.05, 0) is 32.2 Å². The van der Waals surface area contributed by atoms with Crippen molar-refractivity contribution in [3.05, 3.63) is 42.2 Å². The Hall–Kier alpha value is -1.08. The predicted molar refractivity (Wildman–Crippen MR) is 92.1 cm³/mol. The minimum absolute atomic E-state index is 0. The Morgan fingerprint density at radius 1 is 1.26 bits per heavy atom. The lowest BCUT2D eigenvalue weighted by Crippen LogP contribution is -2.46. The first-order chi connectivity index (χ1) is 8.63. The Kier molecular flexibility index (Phi) is 5.81. The Balaban J connectivity index is 0.00000180. The van der Waals surface area contributed by atoms with Crippen molar-refractivity contribution in [2.45, 2.75) is 13.1 Å². The Bertz CT molecular complexity index is 470. The fraction of sp³-hybridized carbons (Fsp3) is 0.357. The zero-order valence-electron chi connectivity index (χ0n) is 11.8. The van der Waals surface area contributed by atoms with Crippen molar-refractivity contribution in [1.82, 2.24) is 10.2 Å². The molecule has 1 aliphatic rings. The van der Waals surface area contributed by atoms with Gasteiger partial charge >= 0.3 is 0 Å². The highest BCUT2D eigenvalue weighted by Crippen LogP contribution is 2.20. The molecule has 0 aromatic heterocycles. The molecule has 2 rings (SSSR count). The summed E-state index contributed by atoms with van der Waals surface area (Å²) < 4.78 is 0. The van der Waals surface area contributed by atoms with Crippen LogP contribution >= 0.6 is 24.0 Å². The summed E-state index contributed by atoms with van der Waals surface area (Å²) in [5, 5.41) is 3.26. The molecule has 0 fully saturated rings. The first-order valence-electron chi connectivity index (χ1n) is 6.09. The maximum Gasteiger partial charge on any atom is 0.134 e. The monoisotopic (exact) mass is 372 g/mol. The highest BCUT2D eigenvalue weighted by Gasteiger charge is 2.19. The smallest absolute Gasteiger partial charge is 0.134 e. The summed E-state index contributed by atoms with van der Waals surface area (Å²) in [4.78, 5) is 8.84. The van der Waals surface area contributed by atoms with Gasteiger partial charge in [-0.1, -0.05) is 18.2 Å². The molecule has 4 nitrogen and oxygen atoms in total. The van der Waals surface area contributed by atoms with Crippen LogP contribution in [0.25, 0.3) is 0 Å². The number of nitrogens with one attached hydrogen (secondary N) is 1. The van der Waals surface area contributed by atoms with E-state index in [9.17, 15) is 0 Å². The Morgan fingerprint density at radius 2 is 1.89 bits per heavy atom. The Labute approximate surface area is 132 Å². The number of anilines is 1. The summed E-state index contributed by atoms with van der Waals surface area (Å²) in [6.07, 6.45) is 2.31. The minimum atomic E-state index is 0. The molecule has 19 heavy (non-hydrogen) atoms. The molecule has 0 saturated heterocycles. The number of nitrogens with zero attached hydrogens (tertiary/aromatic N) is 3. The van der Waals surface area contributed by atoms with E-state index in [-0.39, 0.29) is 30.1 Å². The van der Waals surface area contributed by atoms with Gasteiger partial charge in [-0.25, -0.2) is 4.99 Å². The molecular formula is C14H21IN4. The normalized spacial score (nSPS) is 18.3. The van der Waals surface area contributed by atoms with E-state index in [1.165, 1.54) is 0 Å². The highest BCUT2D eigenvalue weighted by molar-refractivity contribution is 14.0. The van der Waals surface area contributed by atoms with Crippen molar-refractivity contribution >= 4 is 35.5 Å². The molecule has 0 saturated carbocycles. The van der Waals surface area contributed by atoms with E-state index in [4.69, 9.17) is 0 Å². The molecule has 0 spiro atoms. The van der Waals surface area contributed by atoms with Gasteiger partial charge in [-0.15, -0.1) is 24.0 Å². The average Bonchev–Trinajstić information content (AvgIpc) is 2.42. The van der Waals surface area contributed by atoms with E-state index in [0.717, 1.165) is 17.3 Å². The lowest BCUT2D eigenvalue weighted by atomic mass is 10.2. The molecule has 0 radical (unpaired) electrons. The van der Waals surface area contributed by atoms with Crippen LogP contribution in [0.2, 0.25) is 0 Å². The van der Waals surface area contributed by atoms with E-state index in [2.05, 4.69) is 38.3 Å². The topological polar surface area (TPSA) is 30.9 Å². The van der Waals surface area contributed by atoms with Gasteiger partial charge in [0.15, 0.2) is 0 Å². The van der Waals surface area contributed by atoms with Crippen molar-refractivity contribution in [3.8, 4) is 0 Å². The summed E-state index contributed by atoms with van der Waals surface area (Å²) in [5.41, 5.74) is 1.14. The maximum absolute atomic E-state index is 4.63. The standard InChI is InChI=1S/C14H20N4.HI/c1-11-16-14(10-13(15-2)17(11)3)18(4)12-8-6-5-7-9-12;/h5-10,13,15H,1-4H3;1H. The third kappa shape index (κ3) is 3.48. The molecule has 1 unspecified atom stereocenters. The molecule has 1 heterocycles. The quantitative estimate of drug-likeness (QED) is 0.828. The predicted octanol–water partition coefficient (Wildman–Crippen LogP) is 2.49. The second-order valence-electron chi connectivity index (χ2n) is 4.42. The molecule has 0 bridgehead atoms. The van der Waals surface area contributed by atoms with Gasteiger partial charge in [-0.3, -0.25) is 5.32 Å². The molecule has 1 aliphatic heterocycles. The van der Waals surface area contributed by atoms with Crippen LogP contribution in [-0.2, 0) is 0 Å². The zero-order chi connectivity index (χ0) is 13.1. The molecule has 1 aromatic rings. The van der Waals surface area contributed by atoms with Gasteiger partial charge in [0, 0.05) is 19.8 Å². The van der Waals surface area contributed by atoms with Gasteiger partial charge in [0.1, 0.15) is 17.8 Å². The molecule has 5 heteroatoms. The van der Waals surface area contributed by atoms with Crippen molar-refractivity contribution in [1.29, 1.82) is 0 Å². The van der Waals surface area contributed by atoms with Crippen LogP contribution in [0.5, 0.6) is 0 Å². The number of halogens is 1. The molecule has 1 aromatic carbocycles. The SMILES string of the molecule is CNC1C=C(N(C)c2ccccc2)N=C(C)N1C.I. The third-order valence-corrected chi connectivity index (χ3v) is 3.29. The summed E-state index contributed by atoms with van der Waals surface area (Å²) in [7, 11) is 6.03. The van der Waals surface area contributed by atoms with E-state index in [0.29, 0.717) is 0 Å². The number of rotatable bonds is 3. The van der Waals surface area contributed by atoms with Crippen LogP contribution in [-0.4, -0.2) is 38.0 Å². The van der Waals surface area contributed by atoms with Gasteiger partial charge in [0.2, 0.25) is 0 Å². The van der Waals surface area contributed by atoms with Crippen molar-refractivity contribution in [3.63, 3.8) is 0 Å². The third-order valence-electron chi connectivity index (χ3n) is 3.29. The number of likely N-dealkylation sites (N-methyl/N-ethyl adjacent to an activating group) is 2. The van der Waals surface area contributed by atoms with Gasteiger partial charge in [0.25, 0.3) is 0 Å². The minimum Gasteiger partial charge on any atom is -0.344 e. The number of hydrogen-bond donors (Lipinski definition) is 1. The van der Waals surface area contributed by atoms with E-state index < -0.39 is 0 Å². The van der Waals surface area contributed by atoms with Crippen molar-refractivity contribution < 1.29 is 0 Å². The van der Waals surface area contributed by atoms with Crippen LogP contribution in [0.3, 0.4) is 0 Å². The lowest BCUT2D eigenvalue weighted by molar-refractivity contribution is 0.371. The van der Waals surface area contributed by atoms with Crippen molar-refractivity contribution in [2.24, 2.45) is 4.99 Å². The number of para-hydroxylation sites is 1. The number of hydrogen-bond acceptors (Lipinski definition) is 4. The van der Waals surface area contributed by atoms with Crippen LogP contribution in [0.4, 0.5) is 5.69 Å². The molecule has 0 aliphatic carbocycles. The van der Waals surface area contributed by atoms with E-state index in [1.54, 1.807) is 0 Å². The zero-order valence-corrected chi connectivity index (χ0v) is 14.1. The summed E-state index contributed by atoms with van der Waals surface area (Å²) in [6, 6.07) is 10.3. The average molecular weight is 372 g/mol. The fourth-order valence-corrected chi connectivity index (χ4v) is 1.98. The van der Waals surface area contributed by atoms with E-state index in [1.807, 2.05) is 46.3 Å². The number of amidine groups is 1. The van der Waals surface area contributed by atoms with Crippen LogP contribution in [0, 0.1) is 0 Å². The van der Waals surface area contributed by atoms with Crippen LogP contribution in [0.1, 0.15) is 6.92 Å². The second kappa shape index (κ2) is 6.91. The number of aliphatic imine (C=N–C) groups is 1. The first kappa shape index (κ1) is 16.0. The summed E-state index contributed by atoms with van der Waals surface area (Å²) in [6.45, 7) is 2.02. The van der Waals surface area contributed by atoms with Gasteiger partial charge in [0.05, 0.1) is 0 Å². The molecule has 1 atom stereocenters. The maximum atomic E-state index is 4.63. The highest BCUT2D eigenvalue weighted by atomic mass is 127. The molecular weight excluding hydrogens is 351 g/mol. The van der Waals surface area contributed by atoms with Crippen LogP contribution in [0.15, 0.2) is 47.2 Å². The summed E-state index contributed by atoms with van der Waals surface area (Å²) in [5.74, 6) is 1.98. The first-order valence-corrected chi connectivity index (χ1v) is 6.09. The largest absolute Gasteiger partial charge is 0.344 e. The van der Waals surface area contributed by atoms with E-state index >= 15 is 0 Å². The lowest BCUT2D eigenvalue weighted by Gasteiger charge is -2.33. The number of benzene rings is 1. The van der Waals surface area contributed by atoms with Gasteiger partial charge < -0.3 is 9.80 Å². The fourth-order valence-electron chi connectivity index (χ4n) is 1.98. The molecule has 104 valence electrons. The van der Waals surface area contributed by atoms with Gasteiger partial charge in [-0.2, -0.15) is 0 Å². The summed E-state index contributed by atoms with van der Waals surface area (Å²) >= 11 is 0. The molecule has 1 N–H and O–H groups in total. The Morgan fingerprint density at radius 3 is 2.47 bits per heavy atom. The molecule has 0 amide bonds. The second-order valence-corrected chi connectivity index (χ2v) is 4.42.